The molecule has 0 spiro atoms. The number of aromatic nitrogens is 2. The zero-order valence-corrected chi connectivity index (χ0v) is 11.4. The maximum absolute atomic E-state index is 4.87. The highest BCUT2D eigenvalue weighted by Crippen LogP contribution is 2.20. The fourth-order valence-electron chi connectivity index (χ4n) is 1.33. The van der Waals surface area contributed by atoms with E-state index in [1.54, 1.807) is 31.6 Å². The SMILES string of the molecule is CC(C)(C)c1ccncc1.COc1ccncc1. The first-order chi connectivity index (χ1) is 8.54. The van der Waals surface area contributed by atoms with E-state index >= 15 is 0 Å². The van der Waals surface area contributed by atoms with E-state index in [-0.39, 0.29) is 5.41 Å². The number of hydrogen-bond donors (Lipinski definition) is 0. The Labute approximate surface area is 109 Å². The molecule has 2 rings (SSSR count). The number of pyridine rings is 2. The number of nitrogens with zero attached hydrogens (tertiary/aromatic N) is 2. The van der Waals surface area contributed by atoms with E-state index < -0.39 is 0 Å². The maximum Gasteiger partial charge on any atom is 0.121 e. The fraction of sp³-hybridized carbons (Fsp3) is 0.333. The van der Waals surface area contributed by atoms with Gasteiger partial charge in [-0.3, -0.25) is 9.97 Å². The minimum atomic E-state index is 0.253. The van der Waals surface area contributed by atoms with Crippen LogP contribution in [0.1, 0.15) is 26.3 Å². The van der Waals surface area contributed by atoms with Gasteiger partial charge >= 0.3 is 0 Å². The second-order valence-corrected chi connectivity index (χ2v) is 4.87. The molecule has 0 aliphatic heterocycles. The Morgan fingerprint density at radius 3 is 1.56 bits per heavy atom. The predicted molar refractivity (Wildman–Crippen MR) is 73.7 cm³/mol. The van der Waals surface area contributed by atoms with Crippen molar-refractivity contribution in [1.29, 1.82) is 0 Å². The zero-order valence-electron chi connectivity index (χ0n) is 11.4. The normalized spacial score (nSPS) is 10.2. The summed E-state index contributed by atoms with van der Waals surface area (Å²) in [5.41, 5.74) is 1.59. The average molecular weight is 244 g/mol. The van der Waals surface area contributed by atoms with Crippen molar-refractivity contribution in [3.8, 4) is 5.75 Å². The predicted octanol–water partition coefficient (Wildman–Crippen LogP) is 3.47. The third kappa shape index (κ3) is 4.95. The quantitative estimate of drug-likeness (QED) is 0.770. The molecule has 18 heavy (non-hydrogen) atoms. The van der Waals surface area contributed by atoms with Gasteiger partial charge in [-0.2, -0.15) is 0 Å². The van der Waals surface area contributed by atoms with Gasteiger partial charge < -0.3 is 4.74 Å². The largest absolute Gasteiger partial charge is 0.497 e. The van der Waals surface area contributed by atoms with E-state index in [4.69, 9.17) is 4.74 Å². The third-order valence-electron chi connectivity index (χ3n) is 2.43. The topological polar surface area (TPSA) is 35.0 Å². The van der Waals surface area contributed by atoms with Gasteiger partial charge in [0.1, 0.15) is 5.75 Å². The van der Waals surface area contributed by atoms with Gasteiger partial charge in [0, 0.05) is 24.8 Å². The summed E-state index contributed by atoms with van der Waals surface area (Å²) < 4.78 is 4.87. The van der Waals surface area contributed by atoms with Gasteiger partial charge in [-0.15, -0.1) is 0 Å². The Kier molecular flexibility index (Phi) is 5.31. The van der Waals surface area contributed by atoms with E-state index in [2.05, 4.69) is 42.9 Å². The Hall–Kier alpha value is -1.90. The smallest absolute Gasteiger partial charge is 0.121 e. The van der Waals surface area contributed by atoms with Crippen molar-refractivity contribution in [3.05, 3.63) is 54.6 Å². The van der Waals surface area contributed by atoms with Crippen LogP contribution in [0.4, 0.5) is 0 Å². The van der Waals surface area contributed by atoms with E-state index in [1.165, 1.54) is 5.56 Å². The van der Waals surface area contributed by atoms with Gasteiger partial charge in [-0.05, 0) is 35.2 Å². The monoisotopic (exact) mass is 244 g/mol. The summed E-state index contributed by atoms with van der Waals surface area (Å²) in [6, 6.07) is 7.72. The molecule has 0 saturated heterocycles. The lowest BCUT2D eigenvalue weighted by Gasteiger charge is -2.17. The summed E-state index contributed by atoms with van der Waals surface area (Å²) in [4.78, 5) is 7.77. The van der Waals surface area contributed by atoms with E-state index in [0.29, 0.717) is 0 Å². The molecule has 2 aromatic heterocycles. The average Bonchev–Trinajstić information content (AvgIpc) is 2.40. The molecule has 3 heteroatoms. The van der Waals surface area contributed by atoms with Crippen molar-refractivity contribution in [2.75, 3.05) is 7.11 Å². The summed E-state index contributed by atoms with van der Waals surface area (Å²) in [6.45, 7) is 6.59. The molecule has 2 aromatic rings. The van der Waals surface area contributed by atoms with E-state index in [0.717, 1.165) is 5.75 Å². The van der Waals surface area contributed by atoms with E-state index in [9.17, 15) is 0 Å². The first-order valence-corrected chi connectivity index (χ1v) is 5.88. The zero-order chi connectivity index (χ0) is 13.4. The molecule has 0 saturated carbocycles. The summed E-state index contributed by atoms with van der Waals surface area (Å²) in [5, 5.41) is 0. The summed E-state index contributed by atoms with van der Waals surface area (Å²) in [5.74, 6) is 0.847. The van der Waals surface area contributed by atoms with Crippen molar-refractivity contribution in [3.63, 3.8) is 0 Å². The molecule has 0 aliphatic rings. The van der Waals surface area contributed by atoms with Crippen molar-refractivity contribution in [2.24, 2.45) is 0 Å². The van der Waals surface area contributed by atoms with Crippen LogP contribution in [0.15, 0.2) is 49.1 Å². The lowest BCUT2D eigenvalue weighted by Crippen LogP contribution is -2.10. The Morgan fingerprint density at radius 1 is 0.833 bits per heavy atom. The third-order valence-corrected chi connectivity index (χ3v) is 2.43. The molecule has 3 nitrogen and oxygen atoms in total. The van der Waals surface area contributed by atoms with Crippen molar-refractivity contribution < 1.29 is 4.74 Å². The van der Waals surface area contributed by atoms with Crippen LogP contribution in [0, 0.1) is 0 Å². The first-order valence-electron chi connectivity index (χ1n) is 5.88. The van der Waals surface area contributed by atoms with Gasteiger partial charge in [-0.1, -0.05) is 20.8 Å². The van der Waals surface area contributed by atoms with Crippen LogP contribution in [-0.4, -0.2) is 17.1 Å². The number of ether oxygens (including phenoxy) is 1. The molecule has 0 N–H and O–H groups in total. The molecule has 0 aromatic carbocycles. The number of rotatable bonds is 1. The molecule has 96 valence electrons. The van der Waals surface area contributed by atoms with Crippen molar-refractivity contribution in [1.82, 2.24) is 9.97 Å². The van der Waals surface area contributed by atoms with Gasteiger partial charge in [0.25, 0.3) is 0 Å². The van der Waals surface area contributed by atoms with E-state index in [1.807, 2.05) is 12.4 Å². The molecule has 0 amide bonds. The van der Waals surface area contributed by atoms with Gasteiger partial charge in [-0.25, -0.2) is 0 Å². The standard InChI is InChI=1S/C9H13N.C6H7NO/c1-9(2,3)8-4-6-10-7-5-8;1-8-6-2-4-7-5-3-6/h4-7H,1-3H3;2-5H,1H3. The lowest BCUT2D eigenvalue weighted by atomic mass is 9.88. The number of hydrogen-bond acceptors (Lipinski definition) is 3. The molecule has 2 heterocycles. The lowest BCUT2D eigenvalue weighted by molar-refractivity contribution is 0.414. The number of methoxy groups -OCH3 is 1. The molecular formula is C15H20N2O. The summed E-state index contributed by atoms with van der Waals surface area (Å²) >= 11 is 0. The second kappa shape index (κ2) is 6.74. The van der Waals surface area contributed by atoms with Gasteiger partial charge in [0.15, 0.2) is 0 Å². The van der Waals surface area contributed by atoms with Gasteiger partial charge in [0.2, 0.25) is 0 Å². The highest BCUT2D eigenvalue weighted by Gasteiger charge is 2.11. The second-order valence-electron chi connectivity index (χ2n) is 4.87. The van der Waals surface area contributed by atoms with Crippen molar-refractivity contribution >= 4 is 0 Å². The Bertz CT molecular complexity index is 435. The summed E-state index contributed by atoms with van der Waals surface area (Å²) in [6.07, 6.45) is 7.05. The summed E-state index contributed by atoms with van der Waals surface area (Å²) in [7, 11) is 1.63. The maximum atomic E-state index is 4.87. The molecule has 0 fully saturated rings. The van der Waals surface area contributed by atoms with Crippen LogP contribution >= 0.6 is 0 Å². The van der Waals surface area contributed by atoms with Crippen LogP contribution in [0.2, 0.25) is 0 Å². The van der Waals surface area contributed by atoms with Crippen LogP contribution in [0.5, 0.6) is 5.75 Å². The molecule has 0 aliphatic carbocycles. The Morgan fingerprint density at radius 2 is 1.28 bits per heavy atom. The molecule has 0 radical (unpaired) electrons. The first kappa shape index (κ1) is 14.2. The fourth-order valence-corrected chi connectivity index (χ4v) is 1.33. The van der Waals surface area contributed by atoms with Crippen LogP contribution in [-0.2, 0) is 5.41 Å². The van der Waals surface area contributed by atoms with Gasteiger partial charge in [0.05, 0.1) is 7.11 Å². The minimum absolute atomic E-state index is 0.253. The van der Waals surface area contributed by atoms with Crippen LogP contribution in [0.3, 0.4) is 0 Å². The van der Waals surface area contributed by atoms with Crippen LogP contribution in [0.25, 0.3) is 0 Å². The van der Waals surface area contributed by atoms with Crippen molar-refractivity contribution in [2.45, 2.75) is 26.2 Å². The molecule has 0 bridgehead atoms. The molecular weight excluding hydrogens is 224 g/mol. The molecule has 0 atom stereocenters. The highest BCUT2D eigenvalue weighted by molar-refractivity contribution is 5.18. The van der Waals surface area contributed by atoms with Crippen LogP contribution < -0.4 is 4.74 Å². The molecule has 0 unspecified atom stereocenters. The minimum Gasteiger partial charge on any atom is -0.497 e. The Balaban J connectivity index is 0.000000184. The highest BCUT2D eigenvalue weighted by atomic mass is 16.5.